The Kier molecular flexibility index (Phi) is 2.69. The first-order chi connectivity index (χ1) is 9.84. The lowest BCUT2D eigenvalue weighted by molar-refractivity contribution is 0.0695. The van der Waals surface area contributed by atoms with E-state index in [-0.39, 0.29) is 11.9 Å². The standard InChI is InChI=1S/C12H13N5O2S/c18-11(10-1-4-14-19-10)16-5-2-9-8(16)3-6-17(9)12-15-13-7-20-12/h1,4,7-9H,2-3,5-6H2/t8-,9+/m0/s1. The normalized spacial score (nSPS) is 25.2. The summed E-state index contributed by atoms with van der Waals surface area (Å²) in [7, 11) is 0. The SMILES string of the molecule is O=C(c1ccno1)N1CC[C@@H]2[C@@H]1CCN2c1nncs1. The Bertz CT molecular complexity index is 599. The second-order valence-corrected chi connectivity index (χ2v) is 5.81. The highest BCUT2D eigenvalue weighted by molar-refractivity contribution is 7.13. The molecular weight excluding hydrogens is 278 g/mol. The Morgan fingerprint density at radius 3 is 3.00 bits per heavy atom. The summed E-state index contributed by atoms with van der Waals surface area (Å²) in [6.45, 7) is 1.68. The molecule has 0 unspecified atom stereocenters. The maximum atomic E-state index is 12.4. The molecular formula is C12H13N5O2S. The number of carbonyl (C=O) groups excluding carboxylic acids is 1. The number of nitrogens with zero attached hydrogens (tertiary/aromatic N) is 5. The number of aromatic nitrogens is 3. The third-order valence-corrected chi connectivity index (χ3v) is 4.81. The zero-order valence-electron chi connectivity index (χ0n) is 10.7. The quantitative estimate of drug-likeness (QED) is 0.822. The van der Waals surface area contributed by atoms with Crippen LogP contribution in [-0.2, 0) is 0 Å². The second kappa shape index (κ2) is 4.55. The highest BCUT2D eigenvalue weighted by atomic mass is 32.1. The summed E-state index contributed by atoms with van der Waals surface area (Å²) in [5, 5.41) is 12.6. The number of carbonyl (C=O) groups is 1. The molecule has 7 nitrogen and oxygen atoms in total. The van der Waals surface area contributed by atoms with Crippen LogP contribution in [0, 0.1) is 0 Å². The highest BCUT2D eigenvalue weighted by Crippen LogP contribution is 2.36. The van der Waals surface area contributed by atoms with Crippen molar-refractivity contribution in [3.8, 4) is 0 Å². The van der Waals surface area contributed by atoms with Crippen LogP contribution in [0.2, 0.25) is 0 Å². The van der Waals surface area contributed by atoms with Gasteiger partial charge in [0.2, 0.25) is 10.9 Å². The molecule has 0 aliphatic carbocycles. The van der Waals surface area contributed by atoms with Crippen LogP contribution in [0.1, 0.15) is 23.4 Å². The predicted molar refractivity (Wildman–Crippen MR) is 71.6 cm³/mol. The van der Waals surface area contributed by atoms with E-state index in [4.69, 9.17) is 4.52 Å². The second-order valence-electron chi connectivity index (χ2n) is 5.00. The third-order valence-electron chi connectivity index (χ3n) is 4.08. The Morgan fingerprint density at radius 1 is 1.35 bits per heavy atom. The Morgan fingerprint density at radius 2 is 2.25 bits per heavy atom. The number of fused-ring (bicyclic) bond motifs is 1. The molecule has 0 bridgehead atoms. The minimum atomic E-state index is -0.0610. The molecule has 0 radical (unpaired) electrons. The van der Waals surface area contributed by atoms with Gasteiger partial charge in [0.15, 0.2) is 0 Å². The lowest BCUT2D eigenvalue weighted by Crippen LogP contribution is -2.39. The first-order valence-corrected chi connectivity index (χ1v) is 7.47. The van der Waals surface area contributed by atoms with Gasteiger partial charge in [-0.15, -0.1) is 10.2 Å². The molecule has 2 atom stereocenters. The minimum absolute atomic E-state index is 0.0610. The molecule has 0 aromatic carbocycles. The molecule has 2 aliphatic rings. The van der Waals surface area contributed by atoms with E-state index in [0.29, 0.717) is 11.8 Å². The molecule has 0 N–H and O–H groups in total. The van der Waals surface area contributed by atoms with Gasteiger partial charge < -0.3 is 14.3 Å². The van der Waals surface area contributed by atoms with Crippen molar-refractivity contribution in [2.24, 2.45) is 0 Å². The number of anilines is 1. The summed E-state index contributed by atoms with van der Waals surface area (Å²) >= 11 is 1.55. The van der Waals surface area contributed by atoms with Crippen molar-refractivity contribution in [3.05, 3.63) is 23.5 Å². The van der Waals surface area contributed by atoms with Gasteiger partial charge in [-0.05, 0) is 12.8 Å². The molecule has 2 aliphatic heterocycles. The van der Waals surface area contributed by atoms with Crippen molar-refractivity contribution in [2.45, 2.75) is 24.9 Å². The van der Waals surface area contributed by atoms with Crippen molar-refractivity contribution < 1.29 is 9.32 Å². The van der Waals surface area contributed by atoms with Crippen LogP contribution >= 0.6 is 11.3 Å². The molecule has 0 saturated carbocycles. The summed E-state index contributed by atoms with van der Waals surface area (Å²) in [6.07, 6.45) is 3.43. The lowest BCUT2D eigenvalue weighted by Gasteiger charge is -2.24. The third kappa shape index (κ3) is 1.71. The number of likely N-dealkylation sites (tertiary alicyclic amines) is 1. The topological polar surface area (TPSA) is 75.4 Å². The molecule has 2 aromatic heterocycles. The van der Waals surface area contributed by atoms with Crippen LogP contribution in [0.3, 0.4) is 0 Å². The summed E-state index contributed by atoms with van der Waals surface area (Å²) in [4.78, 5) is 16.6. The van der Waals surface area contributed by atoms with Gasteiger partial charge in [0, 0.05) is 19.2 Å². The maximum absolute atomic E-state index is 12.4. The van der Waals surface area contributed by atoms with Crippen LogP contribution in [0.15, 0.2) is 22.3 Å². The van der Waals surface area contributed by atoms with E-state index in [0.717, 1.165) is 31.1 Å². The lowest BCUT2D eigenvalue weighted by atomic mass is 10.1. The van der Waals surface area contributed by atoms with Crippen LogP contribution in [-0.4, -0.2) is 51.3 Å². The molecule has 2 saturated heterocycles. The van der Waals surface area contributed by atoms with E-state index in [9.17, 15) is 4.79 Å². The number of amides is 1. The molecule has 104 valence electrons. The van der Waals surface area contributed by atoms with Crippen LogP contribution in [0.25, 0.3) is 0 Å². The Labute approximate surface area is 119 Å². The maximum Gasteiger partial charge on any atom is 0.292 e. The zero-order valence-corrected chi connectivity index (χ0v) is 11.5. The molecule has 1 amide bonds. The molecule has 8 heteroatoms. The molecule has 20 heavy (non-hydrogen) atoms. The Balaban J connectivity index is 1.55. The Hall–Kier alpha value is -1.96. The summed E-state index contributed by atoms with van der Waals surface area (Å²) in [5.74, 6) is 0.258. The summed E-state index contributed by atoms with van der Waals surface area (Å²) in [5.41, 5.74) is 1.75. The average molecular weight is 291 g/mol. The van der Waals surface area contributed by atoms with E-state index in [1.807, 2.05) is 4.90 Å². The van der Waals surface area contributed by atoms with Crippen molar-refractivity contribution in [2.75, 3.05) is 18.0 Å². The summed E-state index contributed by atoms with van der Waals surface area (Å²) < 4.78 is 4.98. The van der Waals surface area contributed by atoms with Crippen molar-refractivity contribution in [1.29, 1.82) is 0 Å². The highest BCUT2D eigenvalue weighted by Gasteiger charge is 2.45. The fraction of sp³-hybridized carbons (Fsp3) is 0.500. The molecule has 4 heterocycles. The predicted octanol–water partition coefficient (Wildman–Crippen LogP) is 1.02. The van der Waals surface area contributed by atoms with Crippen LogP contribution < -0.4 is 4.90 Å². The van der Waals surface area contributed by atoms with E-state index >= 15 is 0 Å². The minimum Gasteiger partial charge on any atom is -0.351 e. The van der Waals surface area contributed by atoms with Gasteiger partial charge in [0.25, 0.3) is 5.91 Å². The van der Waals surface area contributed by atoms with Gasteiger partial charge in [-0.2, -0.15) is 0 Å². The van der Waals surface area contributed by atoms with E-state index < -0.39 is 0 Å². The summed E-state index contributed by atoms with van der Waals surface area (Å²) in [6, 6.07) is 2.19. The largest absolute Gasteiger partial charge is 0.351 e. The fourth-order valence-corrected chi connectivity index (χ4v) is 3.88. The number of hydrogen-bond donors (Lipinski definition) is 0. The molecule has 2 aromatic rings. The zero-order chi connectivity index (χ0) is 13.5. The van der Waals surface area contributed by atoms with E-state index in [1.54, 1.807) is 22.9 Å². The van der Waals surface area contributed by atoms with E-state index in [2.05, 4.69) is 20.3 Å². The van der Waals surface area contributed by atoms with Gasteiger partial charge in [-0.3, -0.25) is 4.79 Å². The monoisotopic (exact) mass is 291 g/mol. The van der Waals surface area contributed by atoms with Gasteiger partial charge >= 0.3 is 0 Å². The smallest absolute Gasteiger partial charge is 0.292 e. The van der Waals surface area contributed by atoms with Gasteiger partial charge in [0.05, 0.1) is 18.3 Å². The molecule has 4 rings (SSSR count). The molecule has 2 fully saturated rings. The van der Waals surface area contributed by atoms with Gasteiger partial charge in [0.1, 0.15) is 5.51 Å². The average Bonchev–Trinajstić information content (AvgIpc) is 3.21. The first kappa shape index (κ1) is 11.8. The van der Waals surface area contributed by atoms with Crippen LogP contribution in [0.5, 0.6) is 0 Å². The van der Waals surface area contributed by atoms with Crippen LogP contribution in [0.4, 0.5) is 5.13 Å². The molecule has 0 spiro atoms. The first-order valence-electron chi connectivity index (χ1n) is 6.59. The van der Waals surface area contributed by atoms with Gasteiger partial charge in [-0.25, -0.2) is 0 Å². The fourth-order valence-electron chi connectivity index (χ4n) is 3.24. The van der Waals surface area contributed by atoms with Gasteiger partial charge in [-0.1, -0.05) is 16.5 Å². The van der Waals surface area contributed by atoms with Crippen molar-refractivity contribution in [1.82, 2.24) is 20.3 Å². The van der Waals surface area contributed by atoms with Crippen molar-refractivity contribution >= 4 is 22.4 Å². The van der Waals surface area contributed by atoms with E-state index in [1.165, 1.54) is 6.20 Å². The number of rotatable bonds is 2. The van der Waals surface area contributed by atoms with Crippen molar-refractivity contribution in [3.63, 3.8) is 0 Å². The number of hydrogen-bond acceptors (Lipinski definition) is 7.